The summed E-state index contributed by atoms with van der Waals surface area (Å²) in [7, 11) is 1.57. The summed E-state index contributed by atoms with van der Waals surface area (Å²) in [6, 6.07) is 12.3. The van der Waals surface area contributed by atoms with Gasteiger partial charge in [0, 0.05) is 19.1 Å². The van der Waals surface area contributed by atoms with Crippen LogP contribution in [0.2, 0.25) is 0 Å². The number of piperidine rings is 1. The number of aromatic nitrogens is 5. The molecule has 5 N–H and O–H groups in total. The number of H-pyrrole nitrogens is 1. The fourth-order valence-electron chi connectivity index (χ4n) is 5.21. The maximum absolute atomic E-state index is 6.73. The predicted octanol–water partition coefficient (Wildman–Crippen LogP) is 3.33. The van der Waals surface area contributed by atoms with Gasteiger partial charge >= 0.3 is 0 Å². The molecule has 2 aliphatic rings. The van der Waals surface area contributed by atoms with E-state index >= 15 is 0 Å². The molecule has 1 saturated heterocycles. The second kappa shape index (κ2) is 8.14. The van der Waals surface area contributed by atoms with E-state index in [1.54, 1.807) is 19.4 Å². The molecule has 1 spiro atoms. The molecule has 34 heavy (non-hydrogen) atoms. The monoisotopic (exact) mass is 474 g/mol. The molecule has 6 rings (SSSR count). The Bertz CT molecular complexity index is 1360. The number of nitrogens with zero attached hydrogens (tertiary/aromatic N) is 5. The Morgan fingerprint density at radius 2 is 1.94 bits per heavy atom. The second-order valence-electron chi connectivity index (χ2n) is 8.99. The first-order chi connectivity index (χ1) is 16.5. The van der Waals surface area contributed by atoms with Crippen LogP contribution in [0.1, 0.15) is 30.0 Å². The number of imidazole rings is 1. The third-order valence-corrected chi connectivity index (χ3v) is 8.02. The molecule has 1 aliphatic heterocycles. The van der Waals surface area contributed by atoms with Crippen molar-refractivity contribution >= 4 is 34.8 Å². The molecule has 1 aromatic carbocycles. The number of aromatic amines is 1. The maximum Gasteiger partial charge on any atom is 0.229 e. The first-order valence-electron chi connectivity index (χ1n) is 11.3. The van der Waals surface area contributed by atoms with Gasteiger partial charge in [-0.05, 0) is 47.9 Å². The molecule has 0 amide bonds. The van der Waals surface area contributed by atoms with E-state index in [0.717, 1.165) is 48.2 Å². The average Bonchev–Trinajstić information content (AvgIpc) is 3.40. The van der Waals surface area contributed by atoms with Crippen molar-refractivity contribution < 1.29 is 4.74 Å². The zero-order valence-corrected chi connectivity index (χ0v) is 19.7. The number of fused-ring (bicyclic) bond motifs is 2. The van der Waals surface area contributed by atoms with Gasteiger partial charge in [0.2, 0.25) is 11.8 Å². The molecular formula is C24H26N8OS. The topological polar surface area (TPSA) is 132 Å². The number of hydrogen-bond donors (Lipinski definition) is 3. The van der Waals surface area contributed by atoms with Crippen LogP contribution >= 0.6 is 11.8 Å². The van der Waals surface area contributed by atoms with Crippen LogP contribution in [0.3, 0.4) is 0 Å². The van der Waals surface area contributed by atoms with Crippen molar-refractivity contribution in [1.29, 1.82) is 0 Å². The van der Waals surface area contributed by atoms with Crippen LogP contribution in [0, 0.1) is 5.41 Å². The highest BCUT2D eigenvalue weighted by atomic mass is 32.2. The molecule has 4 heterocycles. The Morgan fingerprint density at radius 1 is 1.12 bits per heavy atom. The lowest BCUT2D eigenvalue weighted by atomic mass is 9.73. The van der Waals surface area contributed by atoms with Crippen LogP contribution in [0.4, 0.5) is 11.8 Å². The van der Waals surface area contributed by atoms with Crippen LogP contribution in [-0.2, 0) is 6.42 Å². The Hall–Kier alpha value is -3.37. The average molecular weight is 475 g/mol. The molecule has 9 nitrogen and oxygen atoms in total. The highest BCUT2D eigenvalue weighted by molar-refractivity contribution is 7.99. The van der Waals surface area contributed by atoms with Crippen LogP contribution in [0.25, 0.3) is 11.3 Å². The highest BCUT2D eigenvalue weighted by Crippen LogP contribution is 2.50. The van der Waals surface area contributed by atoms with Crippen molar-refractivity contribution in [3.05, 3.63) is 53.7 Å². The number of methoxy groups -OCH3 is 1. The Balaban J connectivity index is 1.19. The van der Waals surface area contributed by atoms with Crippen LogP contribution in [0.15, 0.2) is 52.5 Å². The summed E-state index contributed by atoms with van der Waals surface area (Å²) in [5.41, 5.74) is 16.6. The van der Waals surface area contributed by atoms with Crippen LogP contribution in [0.5, 0.6) is 5.88 Å². The van der Waals surface area contributed by atoms with Gasteiger partial charge in [-0.2, -0.15) is 9.97 Å². The smallest absolute Gasteiger partial charge is 0.229 e. The van der Waals surface area contributed by atoms with Gasteiger partial charge in [0.05, 0.1) is 18.2 Å². The summed E-state index contributed by atoms with van der Waals surface area (Å²) >= 11 is 1.42. The van der Waals surface area contributed by atoms with E-state index in [4.69, 9.17) is 26.2 Å². The van der Waals surface area contributed by atoms with Crippen molar-refractivity contribution in [3.8, 4) is 5.88 Å². The molecule has 1 aliphatic carbocycles. The van der Waals surface area contributed by atoms with Gasteiger partial charge < -0.3 is 26.1 Å². The summed E-state index contributed by atoms with van der Waals surface area (Å²) in [6.07, 6.45) is 4.84. The van der Waals surface area contributed by atoms with E-state index in [-0.39, 0.29) is 11.5 Å². The number of benzene rings is 1. The van der Waals surface area contributed by atoms with Gasteiger partial charge in [0.15, 0.2) is 11.3 Å². The van der Waals surface area contributed by atoms with E-state index in [1.807, 2.05) is 6.07 Å². The summed E-state index contributed by atoms with van der Waals surface area (Å²) in [4.78, 5) is 24.6. The van der Waals surface area contributed by atoms with Gasteiger partial charge in [-0.25, -0.2) is 9.97 Å². The minimum Gasteiger partial charge on any atom is -0.480 e. The zero-order chi connectivity index (χ0) is 23.3. The van der Waals surface area contributed by atoms with Gasteiger partial charge in [0.25, 0.3) is 0 Å². The number of nitrogens with two attached hydrogens (primary N) is 2. The lowest BCUT2D eigenvalue weighted by Crippen LogP contribution is -2.44. The fourth-order valence-corrected chi connectivity index (χ4v) is 6.03. The normalized spacial score (nSPS) is 19.0. The largest absolute Gasteiger partial charge is 0.480 e. The maximum atomic E-state index is 6.73. The number of nitrogens with one attached hydrogen (secondary N) is 1. The molecule has 1 atom stereocenters. The number of nitrogen functional groups attached to an aromatic ring is 1. The molecule has 1 fully saturated rings. The molecule has 3 aromatic heterocycles. The van der Waals surface area contributed by atoms with Gasteiger partial charge in [-0.3, -0.25) is 0 Å². The fraction of sp³-hybridized carbons (Fsp3) is 0.333. The summed E-state index contributed by atoms with van der Waals surface area (Å²) in [5, 5.41) is 0.722. The number of hydrogen-bond acceptors (Lipinski definition) is 9. The standard InChI is InChI=1S/C24H26N8OS/c1-33-22-16(6-7-17(25)28-22)34-18-13-27-20-21(29-18)31-23(30-20)32-10-8-24(9-11-32)12-14-4-2-3-5-15(14)19(24)26/h2-7,13,19H,8-12,26H2,1H3,(H2,25,28)(H,27,29,30,31)/t19-/m1/s1. The predicted molar refractivity (Wildman–Crippen MR) is 132 cm³/mol. The SMILES string of the molecule is COc1nc(N)ccc1Sc1cnc2nc(N3CCC4(CC3)Cc3ccccc3[C@H]4N)[nH]c2n1. The molecule has 0 saturated carbocycles. The van der Waals surface area contributed by atoms with Crippen LogP contribution < -0.4 is 21.1 Å². The quantitative estimate of drug-likeness (QED) is 0.407. The van der Waals surface area contributed by atoms with Gasteiger partial charge in [-0.15, -0.1) is 0 Å². The Labute approximate surface area is 201 Å². The number of ether oxygens (including phenoxy) is 1. The van der Waals surface area contributed by atoms with Crippen molar-refractivity contribution in [1.82, 2.24) is 24.9 Å². The van der Waals surface area contributed by atoms with Crippen molar-refractivity contribution in [3.63, 3.8) is 0 Å². The molecule has 10 heteroatoms. The summed E-state index contributed by atoms with van der Waals surface area (Å²) < 4.78 is 5.34. The van der Waals surface area contributed by atoms with Crippen molar-refractivity contribution in [2.24, 2.45) is 11.1 Å². The van der Waals surface area contributed by atoms with E-state index < -0.39 is 0 Å². The third-order valence-electron chi connectivity index (χ3n) is 7.08. The lowest BCUT2D eigenvalue weighted by molar-refractivity contribution is 0.187. The van der Waals surface area contributed by atoms with E-state index in [9.17, 15) is 0 Å². The van der Waals surface area contributed by atoms with E-state index in [2.05, 4.69) is 44.1 Å². The first-order valence-corrected chi connectivity index (χ1v) is 12.2. The van der Waals surface area contributed by atoms with Gasteiger partial charge in [0.1, 0.15) is 10.8 Å². The lowest BCUT2D eigenvalue weighted by Gasteiger charge is -2.42. The molecule has 0 bridgehead atoms. The zero-order valence-electron chi connectivity index (χ0n) is 18.9. The number of rotatable bonds is 4. The number of anilines is 2. The Kier molecular flexibility index (Phi) is 5.07. The minimum atomic E-state index is 0.101. The van der Waals surface area contributed by atoms with Crippen molar-refractivity contribution in [2.45, 2.75) is 35.2 Å². The molecule has 0 unspecified atom stereocenters. The van der Waals surface area contributed by atoms with Crippen molar-refractivity contribution in [2.75, 3.05) is 30.8 Å². The van der Waals surface area contributed by atoms with Gasteiger partial charge in [-0.1, -0.05) is 36.0 Å². The summed E-state index contributed by atoms with van der Waals surface area (Å²) in [5.74, 6) is 1.68. The second-order valence-corrected chi connectivity index (χ2v) is 10.1. The summed E-state index contributed by atoms with van der Waals surface area (Å²) in [6.45, 7) is 1.80. The van der Waals surface area contributed by atoms with E-state index in [1.165, 1.54) is 22.9 Å². The molecular weight excluding hydrogens is 448 g/mol. The highest BCUT2D eigenvalue weighted by Gasteiger charge is 2.46. The molecule has 4 aromatic rings. The number of pyridine rings is 1. The third kappa shape index (κ3) is 3.54. The minimum absolute atomic E-state index is 0.101. The Morgan fingerprint density at radius 3 is 2.74 bits per heavy atom. The molecule has 174 valence electrons. The van der Waals surface area contributed by atoms with E-state index in [0.29, 0.717) is 23.0 Å². The molecule has 0 radical (unpaired) electrons. The first kappa shape index (κ1) is 21.2. The van der Waals surface area contributed by atoms with Crippen LogP contribution in [-0.4, -0.2) is 45.1 Å².